The van der Waals surface area contributed by atoms with E-state index in [-0.39, 0.29) is 25.1 Å². The van der Waals surface area contributed by atoms with E-state index in [1.165, 1.54) is 5.56 Å². The Labute approximate surface area is 169 Å². The molecule has 27 heavy (non-hydrogen) atoms. The SMILES string of the molecule is CCC(O)CN(CCO)CCCc1ccc(COc2ccccc2)cc1.Cl. The van der Waals surface area contributed by atoms with E-state index >= 15 is 0 Å². The number of hydrogen-bond donors (Lipinski definition) is 2. The minimum absolute atomic E-state index is 0. The number of benzene rings is 2. The number of aliphatic hydroxyl groups excluding tert-OH is 2. The molecule has 0 bridgehead atoms. The highest BCUT2D eigenvalue weighted by Crippen LogP contribution is 2.13. The summed E-state index contributed by atoms with van der Waals surface area (Å²) >= 11 is 0. The van der Waals surface area contributed by atoms with Crippen molar-refractivity contribution in [2.45, 2.75) is 38.9 Å². The molecule has 150 valence electrons. The van der Waals surface area contributed by atoms with Gasteiger partial charge in [-0.2, -0.15) is 0 Å². The number of nitrogens with zero attached hydrogens (tertiary/aromatic N) is 1. The van der Waals surface area contributed by atoms with Crippen LogP contribution in [0.3, 0.4) is 0 Å². The van der Waals surface area contributed by atoms with Crippen molar-refractivity contribution in [3.05, 3.63) is 65.7 Å². The zero-order chi connectivity index (χ0) is 18.6. The lowest BCUT2D eigenvalue weighted by atomic mass is 10.1. The van der Waals surface area contributed by atoms with Gasteiger partial charge in [-0.15, -0.1) is 12.4 Å². The summed E-state index contributed by atoms with van der Waals surface area (Å²) in [6.07, 6.45) is 2.43. The van der Waals surface area contributed by atoms with E-state index in [0.29, 0.717) is 19.7 Å². The molecule has 0 aliphatic rings. The Bertz CT molecular complexity index is 607. The smallest absolute Gasteiger partial charge is 0.119 e. The first-order chi connectivity index (χ1) is 12.7. The summed E-state index contributed by atoms with van der Waals surface area (Å²) in [6, 6.07) is 18.4. The van der Waals surface area contributed by atoms with Crippen LogP contribution in [0, 0.1) is 0 Å². The van der Waals surface area contributed by atoms with Gasteiger partial charge in [0.15, 0.2) is 0 Å². The maximum atomic E-state index is 9.80. The number of halogens is 1. The Morgan fingerprint density at radius 2 is 1.63 bits per heavy atom. The van der Waals surface area contributed by atoms with Crippen LogP contribution < -0.4 is 4.74 Å². The van der Waals surface area contributed by atoms with Gasteiger partial charge in [-0.1, -0.05) is 49.4 Å². The number of ether oxygens (including phenoxy) is 1. The summed E-state index contributed by atoms with van der Waals surface area (Å²) in [7, 11) is 0. The molecule has 0 heterocycles. The highest BCUT2D eigenvalue weighted by atomic mass is 35.5. The van der Waals surface area contributed by atoms with E-state index in [9.17, 15) is 5.11 Å². The molecule has 0 saturated carbocycles. The van der Waals surface area contributed by atoms with Crippen LogP contribution in [0.1, 0.15) is 30.9 Å². The van der Waals surface area contributed by atoms with Crippen molar-refractivity contribution in [1.82, 2.24) is 4.90 Å². The third kappa shape index (κ3) is 9.25. The molecule has 5 heteroatoms. The summed E-state index contributed by atoms with van der Waals surface area (Å²) in [5.41, 5.74) is 2.46. The topological polar surface area (TPSA) is 52.9 Å². The number of rotatable bonds is 12. The highest BCUT2D eigenvalue weighted by molar-refractivity contribution is 5.85. The number of hydrogen-bond acceptors (Lipinski definition) is 4. The molecule has 0 aromatic heterocycles. The Kier molecular flexibility index (Phi) is 11.8. The fourth-order valence-corrected chi connectivity index (χ4v) is 2.86. The van der Waals surface area contributed by atoms with Gasteiger partial charge in [-0.25, -0.2) is 0 Å². The molecule has 0 amide bonds. The summed E-state index contributed by atoms with van der Waals surface area (Å²) in [4.78, 5) is 2.14. The van der Waals surface area contributed by atoms with Crippen LogP contribution in [0.4, 0.5) is 0 Å². The standard InChI is InChI=1S/C22H31NO3.ClH/c1-2-21(25)17-23(15-16-24)14-6-7-19-10-12-20(13-11-19)18-26-22-8-4-3-5-9-22;/h3-5,8-13,21,24-25H,2,6-7,14-18H2,1H3;1H. The summed E-state index contributed by atoms with van der Waals surface area (Å²) in [5, 5.41) is 19.0. The van der Waals surface area contributed by atoms with Gasteiger partial charge in [0.2, 0.25) is 0 Å². The predicted molar refractivity (Wildman–Crippen MR) is 113 cm³/mol. The molecule has 0 saturated heterocycles. The fraction of sp³-hybridized carbons (Fsp3) is 0.455. The number of aryl methyl sites for hydroxylation is 1. The van der Waals surface area contributed by atoms with E-state index in [1.54, 1.807) is 0 Å². The molecule has 0 spiro atoms. The lowest BCUT2D eigenvalue weighted by Crippen LogP contribution is -2.35. The van der Waals surface area contributed by atoms with E-state index in [4.69, 9.17) is 9.84 Å². The Morgan fingerprint density at radius 1 is 0.963 bits per heavy atom. The molecule has 2 rings (SSSR count). The van der Waals surface area contributed by atoms with E-state index in [0.717, 1.165) is 37.1 Å². The molecule has 2 N–H and O–H groups in total. The lowest BCUT2D eigenvalue weighted by Gasteiger charge is -2.23. The molecular formula is C22H32ClNO3. The summed E-state index contributed by atoms with van der Waals surface area (Å²) < 4.78 is 5.76. The second-order valence-electron chi connectivity index (χ2n) is 6.61. The van der Waals surface area contributed by atoms with Crippen molar-refractivity contribution < 1.29 is 14.9 Å². The third-order valence-electron chi connectivity index (χ3n) is 4.47. The molecule has 2 aromatic carbocycles. The van der Waals surface area contributed by atoms with Crippen LogP contribution in [0.25, 0.3) is 0 Å². The average Bonchev–Trinajstić information content (AvgIpc) is 2.68. The minimum atomic E-state index is -0.314. The van der Waals surface area contributed by atoms with Gasteiger partial charge in [0.25, 0.3) is 0 Å². The Morgan fingerprint density at radius 3 is 2.26 bits per heavy atom. The Balaban J connectivity index is 0.00000364. The quantitative estimate of drug-likeness (QED) is 0.577. The summed E-state index contributed by atoms with van der Waals surface area (Å²) in [6.45, 7) is 4.82. The van der Waals surface area contributed by atoms with Gasteiger partial charge in [0.1, 0.15) is 12.4 Å². The molecule has 1 atom stereocenters. The first-order valence-electron chi connectivity index (χ1n) is 9.48. The molecule has 0 radical (unpaired) electrons. The zero-order valence-corrected chi connectivity index (χ0v) is 16.9. The van der Waals surface area contributed by atoms with Gasteiger partial charge in [-0.05, 0) is 49.1 Å². The van der Waals surface area contributed by atoms with Crippen LogP contribution in [0.2, 0.25) is 0 Å². The predicted octanol–water partition coefficient (Wildman–Crippen LogP) is 3.69. The summed E-state index contributed by atoms with van der Waals surface area (Å²) in [5.74, 6) is 0.884. The maximum Gasteiger partial charge on any atom is 0.119 e. The second-order valence-corrected chi connectivity index (χ2v) is 6.61. The first kappa shape index (κ1) is 23.4. The van der Waals surface area contributed by atoms with Gasteiger partial charge < -0.3 is 14.9 Å². The largest absolute Gasteiger partial charge is 0.489 e. The third-order valence-corrected chi connectivity index (χ3v) is 4.47. The Hall–Kier alpha value is -1.59. The molecule has 1 unspecified atom stereocenters. The number of aliphatic hydroxyl groups is 2. The van der Waals surface area contributed by atoms with E-state index < -0.39 is 0 Å². The van der Waals surface area contributed by atoms with Crippen LogP contribution >= 0.6 is 12.4 Å². The monoisotopic (exact) mass is 393 g/mol. The first-order valence-corrected chi connectivity index (χ1v) is 9.48. The van der Waals surface area contributed by atoms with Crippen molar-refractivity contribution >= 4 is 12.4 Å². The average molecular weight is 394 g/mol. The van der Waals surface area contributed by atoms with Crippen molar-refractivity contribution in [3.8, 4) is 5.75 Å². The lowest BCUT2D eigenvalue weighted by molar-refractivity contribution is 0.0963. The van der Waals surface area contributed by atoms with Crippen molar-refractivity contribution in [2.75, 3.05) is 26.2 Å². The highest BCUT2D eigenvalue weighted by Gasteiger charge is 2.09. The zero-order valence-electron chi connectivity index (χ0n) is 16.1. The van der Waals surface area contributed by atoms with Crippen molar-refractivity contribution in [2.24, 2.45) is 0 Å². The van der Waals surface area contributed by atoms with Gasteiger partial charge in [0, 0.05) is 13.1 Å². The normalized spacial score (nSPS) is 11.9. The van der Waals surface area contributed by atoms with Crippen molar-refractivity contribution in [3.63, 3.8) is 0 Å². The molecule has 2 aromatic rings. The van der Waals surface area contributed by atoms with Gasteiger partial charge in [0.05, 0.1) is 12.7 Å². The fourth-order valence-electron chi connectivity index (χ4n) is 2.86. The molecule has 4 nitrogen and oxygen atoms in total. The van der Waals surface area contributed by atoms with Gasteiger partial charge >= 0.3 is 0 Å². The molecule has 0 fully saturated rings. The minimum Gasteiger partial charge on any atom is -0.489 e. The van der Waals surface area contributed by atoms with E-state index in [1.807, 2.05) is 37.3 Å². The maximum absolute atomic E-state index is 9.80. The van der Waals surface area contributed by atoms with Crippen molar-refractivity contribution in [1.29, 1.82) is 0 Å². The van der Waals surface area contributed by atoms with Gasteiger partial charge in [-0.3, -0.25) is 4.90 Å². The van der Waals surface area contributed by atoms with Crippen LogP contribution in [-0.2, 0) is 13.0 Å². The van der Waals surface area contributed by atoms with Crippen LogP contribution in [0.5, 0.6) is 5.75 Å². The molecule has 0 aliphatic carbocycles. The molecule has 0 aliphatic heterocycles. The number of para-hydroxylation sites is 1. The van der Waals surface area contributed by atoms with Crippen LogP contribution in [0.15, 0.2) is 54.6 Å². The van der Waals surface area contributed by atoms with E-state index in [2.05, 4.69) is 29.2 Å². The second kappa shape index (κ2) is 13.6. The molecular weight excluding hydrogens is 362 g/mol. The van der Waals surface area contributed by atoms with Crippen LogP contribution in [-0.4, -0.2) is 47.5 Å².